The Morgan fingerprint density at radius 3 is 1.76 bits per heavy atom. The van der Waals surface area contributed by atoms with Crippen molar-refractivity contribution in [1.29, 1.82) is 0 Å². The van der Waals surface area contributed by atoms with Crippen LogP contribution in [0.15, 0.2) is 60.8 Å². The molecule has 4 N–H and O–H groups in total. The van der Waals surface area contributed by atoms with Crippen molar-refractivity contribution in [3.8, 4) is 0 Å². The molecule has 256 valence electrons. The van der Waals surface area contributed by atoms with Crippen molar-refractivity contribution in [2.24, 2.45) is 5.73 Å². The van der Waals surface area contributed by atoms with Gasteiger partial charge in [-0.2, -0.15) is 0 Å². The molecule has 0 spiro atoms. The Balaban J connectivity index is 4.65. The smallest absolute Gasteiger partial charge is 0.326 e. The first-order valence-electron chi connectivity index (χ1n) is 17.6. The Kier molecular flexibility index (Phi) is 30.3. The average Bonchev–Trinajstić information content (AvgIpc) is 3.02. The van der Waals surface area contributed by atoms with Gasteiger partial charge in [-0.05, 0) is 83.2 Å². The Morgan fingerprint density at radius 2 is 1.20 bits per heavy atom. The summed E-state index contributed by atoms with van der Waals surface area (Å²) in [5.41, 5.74) is 5.47. The molecule has 0 aromatic carbocycles. The fourth-order valence-corrected chi connectivity index (χ4v) is 4.69. The summed E-state index contributed by atoms with van der Waals surface area (Å²) in [7, 11) is 0. The lowest BCUT2D eigenvalue weighted by molar-refractivity contribution is -0.147. The molecule has 2 atom stereocenters. The standard InChI is InChI=1S/C38H64N2O5/c1-3-5-7-9-11-13-14-15-16-17-18-19-21-23-28-34(45-37(42)32-24-22-20-12-10-8-6-4-2)29-25-26-31-36(41)40-35(38(43)44)30-27-33-39/h5,7,11,13,15-16,18-19,23,28,34-35H,3-4,6,8-10,12,14,17,20-22,24-27,29-33,39H2,1-2H3,(H,40,41)(H,43,44)/b7-5-,13-11-,16-15-,19-18-,28-23-. The minimum Gasteiger partial charge on any atom is -0.480 e. The van der Waals surface area contributed by atoms with Crippen molar-refractivity contribution in [1.82, 2.24) is 5.32 Å². The van der Waals surface area contributed by atoms with Gasteiger partial charge in [0.1, 0.15) is 12.1 Å². The molecule has 0 bridgehead atoms. The molecule has 0 aliphatic rings. The van der Waals surface area contributed by atoms with Crippen LogP contribution >= 0.6 is 0 Å². The predicted octanol–water partition coefficient (Wildman–Crippen LogP) is 9.05. The first-order chi connectivity index (χ1) is 21.9. The zero-order valence-electron chi connectivity index (χ0n) is 28.4. The van der Waals surface area contributed by atoms with Crippen LogP contribution in [0.5, 0.6) is 0 Å². The van der Waals surface area contributed by atoms with Gasteiger partial charge in [-0.1, -0.05) is 113 Å². The number of amides is 1. The van der Waals surface area contributed by atoms with E-state index in [0.29, 0.717) is 45.1 Å². The Bertz CT molecular complexity index is 891. The lowest BCUT2D eigenvalue weighted by atomic mass is 10.1. The van der Waals surface area contributed by atoms with Crippen molar-refractivity contribution < 1.29 is 24.2 Å². The maximum atomic E-state index is 12.6. The van der Waals surface area contributed by atoms with Gasteiger partial charge in [0.25, 0.3) is 0 Å². The summed E-state index contributed by atoms with van der Waals surface area (Å²) in [5.74, 6) is -1.50. The van der Waals surface area contributed by atoms with E-state index in [1.54, 1.807) is 0 Å². The largest absolute Gasteiger partial charge is 0.480 e. The third kappa shape index (κ3) is 29.5. The first kappa shape index (κ1) is 42.1. The number of rotatable bonds is 30. The second-order valence-electron chi connectivity index (χ2n) is 11.6. The molecule has 0 radical (unpaired) electrons. The second kappa shape index (κ2) is 32.5. The second-order valence-corrected chi connectivity index (χ2v) is 11.6. The van der Waals surface area contributed by atoms with Gasteiger partial charge in [0, 0.05) is 12.8 Å². The molecule has 2 unspecified atom stereocenters. The highest BCUT2D eigenvalue weighted by atomic mass is 16.5. The van der Waals surface area contributed by atoms with Crippen LogP contribution < -0.4 is 11.1 Å². The molecule has 0 aromatic heterocycles. The number of carbonyl (C=O) groups excluding carboxylic acids is 2. The lowest BCUT2D eigenvalue weighted by Crippen LogP contribution is -2.40. The molecule has 0 aromatic rings. The third-order valence-electron chi connectivity index (χ3n) is 7.33. The topological polar surface area (TPSA) is 119 Å². The number of carboxylic acids is 1. The minimum absolute atomic E-state index is 0.173. The van der Waals surface area contributed by atoms with E-state index in [0.717, 1.165) is 51.4 Å². The summed E-state index contributed by atoms with van der Waals surface area (Å²) >= 11 is 0. The van der Waals surface area contributed by atoms with E-state index >= 15 is 0 Å². The summed E-state index contributed by atoms with van der Waals surface area (Å²) in [4.78, 5) is 36.2. The molecule has 0 fully saturated rings. The van der Waals surface area contributed by atoms with Crippen LogP contribution in [-0.2, 0) is 19.1 Å². The van der Waals surface area contributed by atoms with E-state index in [1.165, 1.54) is 32.1 Å². The van der Waals surface area contributed by atoms with Gasteiger partial charge in [-0.15, -0.1) is 0 Å². The number of hydrogen-bond donors (Lipinski definition) is 3. The number of esters is 1. The van der Waals surface area contributed by atoms with Crippen molar-refractivity contribution in [3.63, 3.8) is 0 Å². The van der Waals surface area contributed by atoms with Crippen molar-refractivity contribution in [3.05, 3.63) is 60.8 Å². The van der Waals surface area contributed by atoms with E-state index in [2.05, 4.69) is 67.8 Å². The number of nitrogens with two attached hydrogens (primary N) is 1. The molecule has 45 heavy (non-hydrogen) atoms. The van der Waals surface area contributed by atoms with Gasteiger partial charge >= 0.3 is 11.9 Å². The van der Waals surface area contributed by atoms with E-state index in [9.17, 15) is 19.5 Å². The zero-order valence-corrected chi connectivity index (χ0v) is 28.4. The number of aliphatic carboxylic acids is 1. The van der Waals surface area contributed by atoms with Crippen LogP contribution in [0.25, 0.3) is 0 Å². The number of carbonyl (C=O) groups is 3. The predicted molar refractivity (Wildman–Crippen MR) is 188 cm³/mol. The Labute approximate surface area is 274 Å². The van der Waals surface area contributed by atoms with E-state index in [4.69, 9.17) is 10.5 Å². The molecule has 7 heteroatoms. The van der Waals surface area contributed by atoms with Crippen LogP contribution in [0.3, 0.4) is 0 Å². The van der Waals surface area contributed by atoms with E-state index in [1.807, 2.05) is 12.2 Å². The molecule has 0 saturated heterocycles. The summed E-state index contributed by atoms with van der Waals surface area (Å²) in [6.07, 6.45) is 38.4. The number of hydrogen-bond acceptors (Lipinski definition) is 5. The van der Waals surface area contributed by atoms with Crippen LogP contribution in [-0.4, -0.2) is 41.6 Å². The number of nitrogens with one attached hydrogen (secondary N) is 1. The first-order valence-corrected chi connectivity index (χ1v) is 17.6. The van der Waals surface area contributed by atoms with Crippen LogP contribution in [0.2, 0.25) is 0 Å². The molecular weight excluding hydrogens is 564 g/mol. The molecular formula is C38H64N2O5. The van der Waals surface area contributed by atoms with Crippen molar-refractivity contribution in [2.45, 2.75) is 154 Å². The van der Waals surface area contributed by atoms with Gasteiger partial charge in [0.05, 0.1) is 0 Å². The zero-order chi connectivity index (χ0) is 33.2. The van der Waals surface area contributed by atoms with Gasteiger partial charge in [-0.25, -0.2) is 4.79 Å². The van der Waals surface area contributed by atoms with Crippen molar-refractivity contribution >= 4 is 17.8 Å². The van der Waals surface area contributed by atoms with E-state index in [-0.39, 0.29) is 24.4 Å². The molecule has 1 amide bonds. The van der Waals surface area contributed by atoms with Crippen LogP contribution in [0.4, 0.5) is 0 Å². The SMILES string of the molecule is CC/C=C\C/C=C\C/C=C\C/C=C\C/C=C\C(CCCCC(=O)NC(CCCN)C(=O)O)OC(=O)CCCCCCCCCC. The fourth-order valence-electron chi connectivity index (χ4n) is 4.69. The maximum absolute atomic E-state index is 12.6. The molecule has 0 aliphatic heterocycles. The summed E-state index contributed by atoms with van der Waals surface area (Å²) in [6.45, 7) is 4.74. The molecule has 7 nitrogen and oxygen atoms in total. The van der Waals surface area contributed by atoms with Crippen LogP contribution in [0.1, 0.15) is 142 Å². The summed E-state index contributed by atoms with van der Waals surface area (Å²) in [6, 6.07) is -0.910. The highest BCUT2D eigenvalue weighted by Gasteiger charge is 2.19. The quantitative estimate of drug-likeness (QED) is 0.0415. The number of ether oxygens (including phenoxy) is 1. The maximum Gasteiger partial charge on any atom is 0.326 e. The molecule has 0 heterocycles. The lowest BCUT2D eigenvalue weighted by Gasteiger charge is -2.16. The highest BCUT2D eigenvalue weighted by Crippen LogP contribution is 2.14. The van der Waals surface area contributed by atoms with Gasteiger partial charge in [0.2, 0.25) is 5.91 Å². The normalized spacial score (nSPS) is 13.5. The van der Waals surface area contributed by atoms with Gasteiger partial charge in [-0.3, -0.25) is 9.59 Å². The summed E-state index contributed by atoms with van der Waals surface area (Å²) < 4.78 is 5.81. The average molecular weight is 629 g/mol. The Morgan fingerprint density at radius 1 is 0.667 bits per heavy atom. The number of unbranched alkanes of at least 4 members (excludes halogenated alkanes) is 8. The highest BCUT2D eigenvalue weighted by molar-refractivity contribution is 5.83. The monoisotopic (exact) mass is 628 g/mol. The fraction of sp³-hybridized carbons (Fsp3) is 0.658. The minimum atomic E-state index is -1.04. The number of allylic oxidation sites excluding steroid dienone is 9. The molecule has 0 rings (SSSR count). The van der Waals surface area contributed by atoms with Gasteiger partial charge < -0.3 is 20.9 Å². The molecule has 0 saturated carbocycles. The number of carboxylic acid groups (broad SMARTS) is 1. The third-order valence-corrected chi connectivity index (χ3v) is 7.33. The Hall–Kier alpha value is -2.93. The summed E-state index contributed by atoms with van der Waals surface area (Å²) in [5, 5.41) is 11.9. The van der Waals surface area contributed by atoms with Crippen LogP contribution in [0, 0.1) is 0 Å². The molecule has 0 aliphatic carbocycles. The van der Waals surface area contributed by atoms with E-state index < -0.39 is 12.0 Å². The van der Waals surface area contributed by atoms with Gasteiger partial charge in [0.15, 0.2) is 0 Å². The van der Waals surface area contributed by atoms with Crippen molar-refractivity contribution in [2.75, 3.05) is 6.54 Å².